The zero-order chi connectivity index (χ0) is 12.6. The monoisotopic (exact) mass is 233 g/mol. The molecule has 0 bridgehead atoms. The average molecular weight is 233 g/mol. The topological polar surface area (TPSA) is 35.2 Å². The Morgan fingerprint density at radius 2 is 2.12 bits per heavy atom. The fourth-order valence-corrected chi connectivity index (χ4v) is 2.42. The van der Waals surface area contributed by atoms with Gasteiger partial charge in [0.1, 0.15) is 11.4 Å². The molecule has 0 saturated heterocycles. The third-order valence-corrected chi connectivity index (χ3v) is 3.73. The van der Waals surface area contributed by atoms with Crippen molar-refractivity contribution in [1.29, 1.82) is 0 Å². The summed E-state index contributed by atoms with van der Waals surface area (Å²) in [7, 11) is 0. The molecule has 17 heavy (non-hydrogen) atoms. The highest BCUT2D eigenvalue weighted by molar-refractivity contribution is 5.42. The number of fused-ring (bicyclic) bond motifs is 1. The third kappa shape index (κ3) is 2.47. The lowest BCUT2D eigenvalue weighted by molar-refractivity contribution is 0.138. The first-order valence-corrected chi connectivity index (χ1v) is 6.50. The molecule has 1 aliphatic heterocycles. The van der Waals surface area contributed by atoms with Gasteiger partial charge >= 0.3 is 0 Å². The summed E-state index contributed by atoms with van der Waals surface area (Å²) in [5.74, 6) is 1.54. The van der Waals surface area contributed by atoms with Crippen molar-refractivity contribution in [2.24, 2.45) is 11.7 Å². The Kier molecular flexibility index (Phi) is 3.17. The van der Waals surface area contributed by atoms with Crippen molar-refractivity contribution >= 4 is 0 Å². The van der Waals surface area contributed by atoms with E-state index >= 15 is 0 Å². The minimum atomic E-state index is -0.0680. The molecule has 2 heteroatoms. The van der Waals surface area contributed by atoms with Gasteiger partial charge in [0.15, 0.2) is 0 Å². The van der Waals surface area contributed by atoms with Gasteiger partial charge in [0.25, 0.3) is 0 Å². The summed E-state index contributed by atoms with van der Waals surface area (Å²) >= 11 is 0. The van der Waals surface area contributed by atoms with Crippen LogP contribution in [-0.2, 0) is 6.42 Å². The van der Waals surface area contributed by atoms with Gasteiger partial charge in [0, 0.05) is 12.5 Å². The van der Waals surface area contributed by atoms with E-state index in [0.717, 1.165) is 18.6 Å². The first-order valence-electron chi connectivity index (χ1n) is 6.50. The van der Waals surface area contributed by atoms with Crippen molar-refractivity contribution in [3.8, 4) is 5.75 Å². The number of benzene rings is 1. The van der Waals surface area contributed by atoms with Crippen LogP contribution in [0.25, 0.3) is 0 Å². The predicted octanol–water partition coefficient (Wildman–Crippen LogP) is 3.45. The maximum atomic E-state index is 6.27. The molecular weight excluding hydrogens is 210 g/mol. The highest BCUT2D eigenvalue weighted by Gasteiger charge is 2.30. The standard InChI is InChI=1S/C15H23NO/c1-5-10(2)14(16)11-6-7-13-12(8-11)9-15(3,4)17-13/h6-8,10,14H,5,9,16H2,1-4H3. The Morgan fingerprint density at radius 1 is 1.41 bits per heavy atom. The molecule has 94 valence electrons. The molecule has 2 unspecified atom stereocenters. The average Bonchev–Trinajstić information content (AvgIpc) is 2.59. The van der Waals surface area contributed by atoms with Gasteiger partial charge in [-0.3, -0.25) is 0 Å². The highest BCUT2D eigenvalue weighted by Crippen LogP contribution is 2.36. The molecule has 1 aliphatic rings. The fraction of sp³-hybridized carbons (Fsp3) is 0.600. The Bertz CT molecular complexity index is 411. The lowest BCUT2D eigenvalue weighted by atomic mass is 9.91. The Hall–Kier alpha value is -1.02. The Morgan fingerprint density at radius 3 is 2.76 bits per heavy atom. The summed E-state index contributed by atoms with van der Waals surface area (Å²) in [4.78, 5) is 0. The van der Waals surface area contributed by atoms with E-state index in [0.29, 0.717) is 5.92 Å². The van der Waals surface area contributed by atoms with Crippen molar-refractivity contribution in [3.63, 3.8) is 0 Å². The molecule has 0 spiro atoms. The zero-order valence-electron chi connectivity index (χ0n) is 11.3. The molecule has 1 aromatic carbocycles. The van der Waals surface area contributed by atoms with E-state index in [2.05, 4.69) is 45.9 Å². The van der Waals surface area contributed by atoms with Crippen molar-refractivity contribution in [1.82, 2.24) is 0 Å². The van der Waals surface area contributed by atoms with Crippen LogP contribution in [0.4, 0.5) is 0 Å². The number of nitrogens with two attached hydrogens (primary N) is 1. The van der Waals surface area contributed by atoms with E-state index < -0.39 is 0 Å². The molecule has 2 nitrogen and oxygen atoms in total. The van der Waals surface area contributed by atoms with E-state index in [9.17, 15) is 0 Å². The number of rotatable bonds is 3. The molecule has 0 saturated carbocycles. The SMILES string of the molecule is CCC(C)C(N)c1ccc2c(c1)CC(C)(C)O2. The van der Waals surface area contributed by atoms with Crippen LogP contribution in [-0.4, -0.2) is 5.60 Å². The van der Waals surface area contributed by atoms with E-state index in [1.54, 1.807) is 0 Å². The number of ether oxygens (including phenoxy) is 1. The van der Waals surface area contributed by atoms with E-state index in [-0.39, 0.29) is 11.6 Å². The van der Waals surface area contributed by atoms with Crippen LogP contribution in [0.3, 0.4) is 0 Å². The van der Waals surface area contributed by atoms with Gasteiger partial charge in [0.2, 0.25) is 0 Å². The van der Waals surface area contributed by atoms with E-state index in [1.807, 2.05) is 0 Å². The number of hydrogen-bond donors (Lipinski definition) is 1. The highest BCUT2D eigenvalue weighted by atomic mass is 16.5. The minimum absolute atomic E-state index is 0.0680. The fourth-order valence-electron chi connectivity index (χ4n) is 2.42. The molecule has 0 aliphatic carbocycles. The Labute approximate surface area is 104 Å². The third-order valence-electron chi connectivity index (χ3n) is 3.73. The quantitative estimate of drug-likeness (QED) is 0.868. The second-order valence-electron chi connectivity index (χ2n) is 5.82. The molecule has 2 atom stereocenters. The van der Waals surface area contributed by atoms with Crippen LogP contribution in [0.5, 0.6) is 5.75 Å². The molecule has 0 radical (unpaired) electrons. The van der Waals surface area contributed by atoms with Crippen molar-refractivity contribution < 1.29 is 4.74 Å². The lowest BCUT2D eigenvalue weighted by Crippen LogP contribution is -2.24. The molecule has 1 aromatic rings. The summed E-state index contributed by atoms with van der Waals surface area (Å²) < 4.78 is 5.87. The van der Waals surface area contributed by atoms with Gasteiger partial charge in [0.05, 0.1) is 0 Å². The van der Waals surface area contributed by atoms with Crippen molar-refractivity contribution in [3.05, 3.63) is 29.3 Å². The van der Waals surface area contributed by atoms with E-state index in [1.165, 1.54) is 11.1 Å². The van der Waals surface area contributed by atoms with Gasteiger partial charge in [-0.15, -0.1) is 0 Å². The van der Waals surface area contributed by atoms with Crippen LogP contribution in [0, 0.1) is 5.92 Å². The molecular formula is C15H23NO. The molecule has 1 heterocycles. The maximum absolute atomic E-state index is 6.27. The second kappa shape index (κ2) is 4.34. The first-order chi connectivity index (χ1) is 7.93. The largest absolute Gasteiger partial charge is 0.487 e. The summed E-state index contributed by atoms with van der Waals surface area (Å²) in [6.07, 6.45) is 2.09. The normalized spacial score (nSPS) is 20.5. The van der Waals surface area contributed by atoms with Crippen molar-refractivity contribution in [2.75, 3.05) is 0 Å². The summed E-state index contributed by atoms with van der Waals surface area (Å²) in [6, 6.07) is 6.54. The molecule has 0 amide bonds. The maximum Gasteiger partial charge on any atom is 0.123 e. The van der Waals surface area contributed by atoms with Gasteiger partial charge < -0.3 is 10.5 Å². The smallest absolute Gasteiger partial charge is 0.123 e. The Balaban J connectivity index is 2.24. The van der Waals surface area contributed by atoms with Gasteiger partial charge in [-0.25, -0.2) is 0 Å². The van der Waals surface area contributed by atoms with Crippen molar-refractivity contribution in [2.45, 2.75) is 52.2 Å². The van der Waals surface area contributed by atoms with Gasteiger partial charge in [-0.05, 0) is 37.0 Å². The first kappa shape index (κ1) is 12.4. The van der Waals surface area contributed by atoms with Gasteiger partial charge in [-0.2, -0.15) is 0 Å². The zero-order valence-corrected chi connectivity index (χ0v) is 11.3. The molecule has 2 rings (SSSR count). The summed E-state index contributed by atoms with van der Waals surface area (Å²) in [6.45, 7) is 8.64. The van der Waals surface area contributed by atoms with E-state index in [4.69, 9.17) is 10.5 Å². The molecule has 0 aromatic heterocycles. The summed E-state index contributed by atoms with van der Waals surface area (Å²) in [5, 5.41) is 0. The summed E-state index contributed by atoms with van der Waals surface area (Å²) in [5.41, 5.74) is 8.73. The van der Waals surface area contributed by atoms with Crippen LogP contribution < -0.4 is 10.5 Å². The lowest BCUT2D eigenvalue weighted by Gasteiger charge is -2.19. The molecule has 2 N–H and O–H groups in total. The van der Waals surface area contributed by atoms with Crippen LogP contribution >= 0.6 is 0 Å². The number of hydrogen-bond acceptors (Lipinski definition) is 2. The molecule has 0 fully saturated rings. The van der Waals surface area contributed by atoms with Crippen LogP contribution in [0.15, 0.2) is 18.2 Å². The van der Waals surface area contributed by atoms with Crippen LogP contribution in [0.1, 0.15) is 51.3 Å². The van der Waals surface area contributed by atoms with Crippen LogP contribution in [0.2, 0.25) is 0 Å². The minimum Gasteiger partial charge on any atom is -0.487 e. The second-order valence-corrected chi connectivity index (χ2v) is 5.82. The van der Waals surface area contributed by atoms with Gasteiger partial charge in [-0.1, -0.05) is 32.4 Å². The predicted molar refractivity (Wildman–Crippen MR) is 71.2 cm³/mol.